The van der Waals surface area contributed by atoms with Gasteiger partial charge in [0, 0.05) is 26.3 Å². The molecule has 5 amide bonds. The first-order chi connectivity index (χ1) is 22.0. The Balaban J connectivity index is 2.16. The maximum absolute atomic E-state index is 13.7. The fourth-order valence-corrected chi connectivity index (χ4v) is 5.06. The maximum atomic E-state index is 13.7. The van der Waals surface area contributed by atoms with Crippen molar-refractivity contribution in [3.63, 3.8) is 0 Å². The van der Waals surface area contributed by atoms with Gasteiger partial charge in [-0.25, -0.2) is 4.79 Å². The Kier molecular flexibility index (Phi) is 16.9. The van der Waals surface area contributed by atoms with Crippen LogP contribution in [-0.2, 0) is 30.3 Å². The van der Waals surface area contributed by atoms with E-state index in [-0.39, 0.29) is 50.7 Å². The summed E-state index contributed by atoms with van der Waals surface area (Å²) in [7, 11) is 0. The Morgan fingerprint density at radius 2 is 1.46 bits per heavy atom. The van der Waals surface area contributed by atoms with Crippen LogP contribution >= 0.6 is 0 Å². The lowest BCUT2D eigenvalue weighted by Crippen LogP contribution is -2.58. The van der Waals surface area contributed by atoms with Crippen LogP contribution in [0.25, 0.3) is 0 Å². The topological polar surface area (TPSA) is 279 Å². The summed E-state index contributed by atoms with van der Waals surface area (Å²) in [5, 5.41) is 19.1. The van der Waals surface area contributed by atoms with E-state index >= 15 is 0 Å². The lowest BCUT2D eigenvalue weighted by atomic mass is 9.91. The van der Waals surface area contributed by atoms with Crippen molar-refractivity contribution in [2.24, 2.45) is 33.8 Å². The molecule has 1 aliphatic heterocycles. The Morgan fingerprint density at radius 3 is 2.09 bits per heavy atom. The van der Waals surface area contributed by atoms with E-state index < -0.39 is 53.9 Å². The quantitative estimate of drug-likeness (QED) is 0.0463. The van der Waals surface area contributed by atoms with E-state index in [2.05, 4.69) is 26.3 Å². The molecule has 0 saturated carbocycles. The van der Waals surface area contributed by atoms with Crippen LogP contribution in [0.4, 0.5) is 4.79 Å². The number of ether oxygens (including phenoxy) is 1. The van der Waals surface area contributed by atoms with Crippen LogP contribution in [0.3, 0.4) is 0 Å². The van der Waals surface area contributed by atoms with Crippen LogP contribution in [-0.4, -0.2) is 91.3 Å². The lowest BCUT2D eigenvalue weighted by molar-refractivity contribution is -0.134. The van der Waals surface area contributed by atoms with Gasteiger partial charge in [0.05, 0.1) is 6.04 Å². The van der Waals surface area contributed by atoms with Crippen LogP contribution in [0.15, 0.2) is 35.3 Å². The van der Waals surface area contributed by atoms with E-state index in [1.54, 1.807) is 0 Å². The second-order valence-electron chi connectivity index (χ2n) is 11.4. The number of unbranched alkanes of at least 4 members (excludes halogenated alkanes) is 1. The molecule has 1 aliphatic rings. The summed E-state index contributed by atoms with van der Waals surface area (Å²) in [6.45, 7) is 1.43. The highest BCUT2D eigenvalue weighted by Gasteiger charge is 2.32. The van der Waals surface area contributed by atoms with Crippen LogP contribution in [0.5, 0.6) is 0 Å². The van der Waals surface area contributed by atoms with Gasteiger partial charge in [-0.15, -0.1) is 0 Å². The SMILES string of the molecule is NC(=O)C(CCCCNC(=O)O)NC(=O)C(CC1CCOCC1)NC(=O)C(CCCN=C(N)N)NC(=O)C(N)Cc1ccccc1. The molecule has 13 N–H and O–H groups in total. The van der Waals surface area contributed by atoms with E-state index in [1.165, 1.54) is 0 Å². The second kappa shape index (κ2) is 20.6. The zero-order chi connectivity index (χ0) is 33.9. The molecule has 1 aromatic carbocycles. The smallest absolute Gasteiger partial charge is 0.404 e. The van der Waals surface area contributed by atoms with Crippen molar-refractivity contribution >= 4 is 35.7 Å². The summed E-state index contributed by atoms with van der Waals surface area (Å²) < 4.78 is 5.44. The molecule has 256 valence electrons. The molecule has 0 aliphatic carbocycles. The molecular formula is C30H49N9O7. The number of guanidine groups is 1. The third-order valence-electron chi connectivity index (χ3n) is 7.61. The number of nitrogens with zero attached hydrogens (tertiary/aromatic N) is 1. The molecule has 1 saturated heterocycles. The molecule has 0 radical (unpaired) electrons. The highest BCUT2D eigenvalue weighted by atomic mass is 16.5. The average molecular weight is 648 g/mol. The molecule has 0 aromatic heterocycles. The summed E-state index contributed by atoms with van der Waals surface area (Å²) >= 11 is 0. The first kappa shape index (κ1) is 37.7. The monoisotopic (exact) mass is 647 g/mol. The van der Waals surface area contributed by atoms with Crippen molar-refractivity contribution in [2.45, 2.75) is 82.0 Å². The van der Waals surface area contributed by atoms with E-state index in [4.69, 9.17) is 32.8 Å². The van der Waals surface area contributed by atoms with Crippen molar-refractivity contribution in [1.29, 1.82) is 0 Å². The summed E-state index contributed by atoms with van der Waals surface area (Å²) in [4.78, 5) is 67.0. The van der Waals surface area contributed by atoms with Crippen molar-refractivity contribution in [1.82, 2.24) is 21.3 Å². The van der Waals surface area contributed by atoms with Gasteiger partial charge in [0.2, 0.25) is 23.6 Å². The Morgan fingerprint density at radius 1 is 0.848 bits per heavy atom. The van der Waals surface area contributed by atoms with Crippen LogP contribution in [0, 0.1) is 5.92 Å². The number of aliphatic imine (C=N–C) groups is 1. The fraction of sp³-hybridized carbons (Fsp3) is 0.600. The minimum Gasteiger partial charge on any atom is -0.465 e. The molecule has 16 nitrogen and oxygen atoms in total. The third-order valence-corrected chi connectivity index (χ3v) is 7.61. The Labute approximate surface area is 268 Å². The molecule has 2 rings (SSSR count). The van der Waals surface area contributed by atoms with Crippen molar-refractivity contribution in [3.8, 4) is 0 Å². The number of carbonyl (C=O) groups is 5. The summed E-state index contributed by atoms with van der Waals surface area (Å²) in [6.07, 6.45) is 2.28. The van der Waals surface area contributed by atoms with Gasteiger partial charge in [-0.05, 0) is 69.3 Å². The van der Waals surface area contributed by atoms with Gasteiger partial charge in [0.25, 0.3) is 0 Å². The highest BCUT2D eigenvalue weighted by molar-refractivity contribution is 5.94. The molecule has 4 unspecified atom stereocenters. The number of benzene rings is 1. The molecule has 4 atom stereocenters. The molecule has 0 spiro atoms. The van der Waals surface area contributed by atoms with Crippen molar-refractivity contribution in [2.75, 3.05) is 26.3 Å². The number of primary amides is 1. The maximum Gasteiger partial charge on any atom is 0.404 e. The number of hydrogen-bond donors (Lipinski definition) is 9. The minimum atomic E-state index is -1.16. The van der Waals surface area contributed by atoms with E-state index in [1.807, 2.05) is 30.3 Å². The third kappa shape index (κ3) is 15.0. The standard InChI is InChI=1S/C30H49N9O7/c31-21(17-19-7-2-1-3-8-19)26(41)38-23(10-6-14-35-29(33)34)27(42)39-24(18-20-11-15-46-16-12-20)28(43)37-22(25(32)40)9-4-5-13-36-30(44)45/h1-3,7-8,20-24,36H,4-6,9-18,31H2,(H2,32,40)(H,37,43)(H,38,41)(H,39,42)(H,44,45)(H4,33,34,35). The highest BCUT2D eigenvalue weighted by Crippen LogP contribution is 2.21. The van der Waals surface area contributed by atoms with Crippen LogP contribution in [0.1, 0.15) is 56.9 Å². The van der Waals surface area contributed by atoms with Gasteiger partial charge in [-0.2, -0.15) is 0 Å². The van der Waals surface area contributed by atoms with E-state index in [9.17, 15) is 24.0 Å². The normalized spacial score (nSPS) is 15.8. The summed E-state index contributed by atoms with van der Waals surface area (Å²) in [5.74, 6) is -2.54. The molecule has 0 bridgehead atoms. The molecule has 1 fully saturated rings. The average Bonchev–Trinajstić information content (AvgIpc) is 3.01. The Bertz CT molecular complexity index is 1160. The van der Waals surface area contributed by atoms with Crippen molar-refractivity contribution < 1.29 is 33.8 Å². The molecule has 16 heteroatoms. The first-order valence-electron chi connectivity index (χ1n) is 15.6. The zero-order valence-corrected chi connectivity index (χ0v) is 26.1. The summed E-state index contributed by atoms with van der Waals surface area (Å²) in [5.41, 5.74) is 23.4. The molecule has 1 aromatic rings. The fourth-order valence-electron chi connectivity index (χ4n) is 5.06. The predicted molar refractivity (Wildman–Crippen MR) is 171 cm³/mol. The largest absolute Gasteiger partial charge is 0.465 e. The van der Waals surface area contributed by atoms with Gasteiger partial charge < -0.3 is 54.0 Å². The van der Waals surface area contributed by atoms with E-state index in [0.717, 1.165) is 5.56 Å². The number of hydrogen-bond acceptors (Lipinski definition) is 8. The molecule has 46 heavy (non-hydrogen) atoms. The number of amides is 5. The Hall–Kier alpha value is -4.44. The molecular weight excluding hydrogens is 598 g/mol. The lowest BCUT2D eigenvalue weighted by Gasteiger charge is -2.29. The van der Waals surface area contributed by atoms with Crippen molar-refractivity contribution in [3.05, 3.63) is 35.9 Å². The number of rotatable bonds is 20. The summed E-state index contributed by atoms with van der Waals surface area (Å²) in [6, 6.07) is 5.16. The first-order valence-corrected chi connectivity index (χ1v) is 15.6. The predicted octanol–water partition coefficient (Wildman–Crippen LogP) is -1.20. The van der Waals surface area contributed by atoms with E-state index in [0.29, 0.717) is 45.3 Å². The number of nitrogens with two attached hydrogens (primary N) is 4. The number of carbonyl (C=O) groups excluding carboxylic acids is 4. The number of nitrogens with one attached hydrogen (secondary N) is 4. The van der Waals surface area contributed by atoms with Gasteiger partial charge in [0.1, 0.15) is 18.1 Å². The minimum absolute atomic E-state index is 0.0631. The van der Waals surface area contributed by atoms with Gasteiger partial charge >= 0.3 is 6.09 Å². The number of carboxylic acid groups (broad SMARTS) is 1. The molecule has 1 heterocycles. The van der Waals surface area contributed by atoms with Gasteiger partial charge in [0.15, 0.2) is 5.96 Å². The van der Waals surface area contributed by atoms with Crippen LogP contribution < -0.4 is 44.2 Å². The van der Waals surface area contributed by atoms with Gasteiger partial charge in [-0.1, -0.05) is 30.3 Å². The second-order valence-corrected chi connectivity index (χ2v) is 11.4. The zero-order valence-electron chi connectivity index (χ0n) is 26.1. The van der Waals surface area contributed by atoms with Gasteiger partial charge in [-0.3, -0.25) is 24.2 Å². The van der Waals surface area contributed by atoms with Crippen LogP contribution in [0.2, 0.25) is 0 Å².